The summed E-state index contributed by atoms with van der Waals surface area (Å²) in [5.74, 6) is 0.848. The first-order chi connectivity index (χ1) is 12.2. The lowest BCUT2D eigenvalue weighted by atomic mass is 10.1. The molecule has 0 saturated heterocycles. The molecule has 2 aromatic carbocycles. The maximum absolute atomic E-state index is 5.45. The molecule has 0 fully saturated rings. The summed E-state index contributed by atoms with van der Waals surface area (Å²) in [6.45, 7) is 0.755. The Balaban J connectivity index is 1.74. The molecule has 1 heterocycles. The summed E-state index contributed by atoms with van der Waals surface area (Å²) >= 11 is 0. The molecule has 0 spiro atoms. The lowest BCUT2D eigenvalue weighted by Crippen LogP contribution is -2.08. The Kier molecular flexibility index (Phi) is 5.19. The molecule has 0 unspecified atom stereocenters. The van der Waals surface area contributed by atoms with Crippen molar-refractivity contribution in [1.29, 1.82) is 0 Å². The van der Waals surface area contributed by atoms with Gasteiger partial charge in [-0.25, -0.2) is 0 Å². The van der Waals surface area contributed by atoms with Gasteiger partial charge in [0.1, 0.15) is 5.75 Å². The van der Waals surface area contributed by atoms with Gasteiger partial charge in [-0.15, -0.1) is 0 Å². The van der Waals surface area contributed by atoms with Crippen molar-refractivity contribution in [2.75, 3.05) is 31.4 Å². The van der Waals surface area contributed by atoms with Crippen molar-refractivity contribution >= 4 is 11.4 Å². The largest absolute Gasteiger partial charge is 0.496 e. The average molecular weight is 333 g/mol. The van der Waals surface area contributed by atoms with Crippen molar-refractivity contribution in [3.63, 3.8) is 0 Å². The SMILES string of the molecule is COc1ccccc1-c1cncc(NCc2ccc(N(C)C)cc2)c1. The number of pyridine rings is 1. The van der Waals surface area contributed by atoms with Crippen molar-refractivity contribution < 1.29 is 4.74 Å². The normalized spacial score (nSPS) is 10.4. The minimum atomic E-state index is 0.755. The lowest BCUT2D eigenvalue weighted by molar-refractivity contribution is 0.416. The zero-order valence-electron chi connectivity index (χ0n) is 14.9. The number of aromatic nitrogens is 1. The van der Waals surface area contributed by atoms with Crippen molar-refractivity contribution in [2.45, 2.75) is 6.54 Å². The van der Waals surface area contributed by atoms with Gasteiger partial charge in [0.25, 0.3) is 0 Å². The topological polar surface area (TPSA) is 37.4 Å². The number of nitrogens with zero attached hydrogens (tertiary/aromatic N) is 2. The van der Waals surface area contributed by atoms with Crippen LogP contribution in [0.1, 0.15) is 5.56 Å². The van der Waals surface area contributed by atoms with E-state index >= 15 is 0 Å². The first-order valence-electron chi connectivity index (χ1n) is 8.26. The molecular formula is C21H23N3O. The third-order valence-corrected chi connectivity index (χ3v) is 4.11. The van der Waals surface area contributed by atoms with Crippen LogP contribution in [-0.4, -0.2) is 26.2 Å². The fourth-order valence-corrected chi connectivity index (χ4v) is 2.68. The van der Waals surface area contributed by atoms with Gasteiger partial charge in [0.05, 0.1) is 12.8 Å². The van der Waals surface area contributed by atoms with E-state index in [9.17, 15) is 0 Å². The van der Waals surface area contributed by atoms with Gasteiger partial charge in [-0.05, 0) is 29.8 Å². The number of nitrogens with one attached hydrogen (secondary N) is 1. The molecule has 0 atom stereocenters. The fraction of sp³-hybridized carbons (Fsp3) is 0.190. The summed E-state index contributed by atoms with van der Waals surface area (Å²) in [6.07, 6.45) is 3.70. The molecule has 1 aromatic heterocycles. The number of anilines is 2. The molecule has 3 rings (SSSR count). The Hall–Kier alpha value is -3.01. The maximum atomic E-state index is 5.45. The third kappa shape index (κ3) is 4.10. The van der Waals surface area contributed by atoms with Gasteiger partial charge in [0, 0.05) is 49.8 Å². The number of hydrogen-bond donors (Lipinski definition) is 1. The van der Waals surface area contributed by atoms with E-state index in [0.717, 1.165) is 29.1 Å². The Bertz CT molecular complexity index is 829. The van der Waals surface area contributed by atoms with Gasteiger partial charge >= 0.3 is 0 Å². The van der Waals surface area contributed by atoms with Crippen LogP contribution < -0.4 is 15.0 Å². The number of rotatable bonds is 6. The second-order valence-corrected chi connectivity index (χ2v) is 6.08. The summed E-state index contributed by atoms with van der Waals surface area (Å²) in [6, 6.07) is 18.6. The van der Waals surface area contributed by atoms with Crippen LogP contribution in [0.25, 0.3) is 11.1 Å². The van der Waals surface area contributed by atoms with Crippen LogP contribution in [0.5, 0.6) is 5.75 Å². The number of benzene rings is 2. The zero-order chi connectivity index (χ0) is 17.6. The molecule has 0 radical (unpaired) electrons. The van der Waals surface area contributed by atoms with Crippen LogP contribution >= 0.6 is 0 Å². The van der Waals surface area contributed by atoms with Crippen molar-refractivity contribution in [3.05, 3.63) is 72.6 Å². The lowest BCUT2D eigenvalue weighted by Gasteiger charge is -2.13. The van der Waals surface area contributed by atoms with Gasteiger partial charge in [-0.1, -0.05) is 30.3 Å². The Morgan fingerprint density at radius 2 is 1.76 bits per heavy atom. The van der Waals surface area contributed by atoms with E-state index in [1.165, 1.54) is 11.3 Å². The van der Waals surface area contributed by atoms with Crippen molar-refractivity contribution in [2.24, 2.45) is 0 Å². The predicted octanol–water partition coefficient (Wildman–Crippen LogP) is 4.44. The summed E-state index contributed by atoms with van der Waals surface area (Å²) in [5, 5.41) is 3.44. The number of methoxy groups -OCH3 is 1. The number of hydrogen-bond acceptors (Lipinski definition) is 4. The minimum Gasteiger partial charge on any atom is -0.496 e. The van der Waals surface area contributed by atoms with Crippen LogP contribution in [-0.2, 0) is 6.54 Å². The molecule has 0 aliphatic carbocycles. The first kappa shape index (κ1) is 16.8. The van der Waals surface area contributed by atoms with Crippen LogP contribution in [0, 0.1) is 0 Å². The highest BCUT2D eigenvalue weighted by atomic mass is 16.5. The van der Waals surface area contributed by atoms with Crippen LogP contribution in [0.15, 0.2) is 67.0 Å². The van der Waals surface area contributed by atoms with Crippen LogP contribution in [0.4, 0.5) is 11.4 Å². The molecule has 0 bridgehead atoms. The van der Waals surface area contributed by atoms with Gasteiger partial charge in [-0.3, -0.25) is 4.98 Å². The van der Waals surface area contributed by atoms with Crippen LogP contribution in [0.3, 0.4) is 0 Å². The van der Waals surface area contributed by atoms with Gasteiger partial charge < -0.3 is 15.0 Å². The maximum Gasteiger partial charge on any atom is 0.126 e. The molecule has 0 saturated carbocycles. The third-order valence-electron chi connectivity index (χ3n) is 4.11. The average Bonchev–Trinajstić information content (AvgIpc) is 2.67. The smallest absolute Gasteiger partial charge is 0.126 e. The van der Waals surface area contributed by atoms with E-state index < -0.39 is 0 Å². The van der Waals surface area contributed by atoms with E-state index in [2.05, 4.69) is 45.5 Å². The molecule has 3 aromatic rings. The molecule has 0 aliphatic heterocycles. The fourth-order valence-electron chi connectivity index (χ4n) is 2.68. The number of ether oxygens (including phenoxy) is 1. The molecule has 1 N–H and O–H groups in total. The molecule has 0 amide bonds. The van der Waals surface area contributed by atoms with E-state index in [0.29, 0.717) is 0 Å². The molecule has 128 valence electrons. The Labute approximate surface area is 149 Å². The first-order valence-corrected chi connectivity index (χ1v) is 8.26. The van der Waals surface area contributed by atoms with Gasteiger partial charge in [-0.2, -0.15) is 0 Å². The second-order valence-electron chi connectivity index (χ2n) is 6.08. The zero-order valence-corrected chi connectivity index (χ0v) is 14.9. The van der Waals surface area contributed by atoms with Crippen LogP contribution in [0.2, 0.25) is 0 Å². The highest BCUT2D eigenvalue weighted by molar-refractivity contribution is 5.72. The van der Waals surface area contributed by atoms with E-state index in [-0.39, 0.29) is 0 Å². The molecule has 25 heavy (non-hydrogen) atoms. The van der Waals surface area contributed by atoms with Gasteiger partial charge in [0.2, 0.25) is 0 Å². The van der Waals surface area contributed by atoms with Crippen molar-refractivity contribution in [3.8, 4) is 16.9 Å². The second kappa shape index (κ2) is 7.71. The van der Waals surface area contributed by atoms with Crippen molar-refractivity contribution in [1.82, 2.24) is 4.98 Å². The monoisotopic (exact) mass is 333 g/mol. The minimum absolute atomic E-state index is 0.755. The summed E-state index contributed by atoms with van der Waals surface area (Å²) in [5.41, 5.74) is 5.49. The standard InChI is InChI=1S/C21H23N3O/c1-24(2)19-10-8-16(9-11-19)13-23-18-12-17(14-22-15-18)20-6-4-5-7-21(20)25-3/h4-12,14-15,23H,13H2,1-3H3. The quantitative estimate of drug-likeness (QED) is 0.724. The molecule has 4 nitrogen and oxygen atoms in total. The summed E-state index contributed by atoms with van der Waals surface area (Å²) in [4.78, 5) is 6.46. The predicted molar refractivity (Wildman–Crippen MR) is 104 cm³/mol. The van der Waals surface area contributed by atoms with E-state index in [1.54, 1.807) is 7.11 Å². The highest BCUT2D eigenvalue weighted by Crippen LogP contribution is 2.30. The Morgan fingerprint density at radius 3 is 2.48 bits per heavy atom. The highest BCUT2D eigenvalue weighted by Gasteiger charge is 2.06. The van der Waals surface area contributed by atoms with E-state index in [1.807, 2.05) is 50.8 Å². The van der Waals surface area contributed by atoms with Gasteiger partial charge in [0.15, 0.2) is 0 Å². The summed E-state index contributed by atoms with van der Waals surface area (Å²) in [7, 11) is 5.77. The number of para-hydroxylation sites is 1. The molecule has 0 aliphatic rings. The Morgan fingerprint density at radius 1 is 1.00 bits per heavy atom. The summed E-state index contributed by atoms with van der Waals surface area (Å²) < 4.78 is 5.45. The van der Waals surface area contributed by atoms with E-state index in [4.69, 9.17) is 4.74 Å². The molecule has 4 heteroatoms. The molecular weight excluding hydrogens is 310 g/mol.